The Balaban J connectivity index is 2.84. The molecule has 0 amide bonds. The van der Waals surface area contributed by atoms with Crippen LogP contribution in [0.25, 0.3) is 0 Å². The molecule has 0 spiro atoms. The molecule has 0 fully saturated rings. The minimum atomic E-state index is -0.786. The molecule has 1 aromatic rings. The Hall–Kier alpha value is -0.680. The van der Waals surface area contributed by atoms with Gasteiger partial charge in [0, 0.05) is 15.1 Å². The van der Waals surface area contributed by atoms with Gasteiger partial charge in [-0.1, -0.05) is 29.3 Å². The lowest BCUT2D eigenvalue weighted by Gasteiger charge is -2.12. The molecule has 1 aromatic carbocycles. The van der Waals surface area contributed by atoms with Gasteiger partial charge in [-0.2, -0.15) is 0 Å². The van der Waals surface area contributed by atoms with Crippen LogP contribution in [-0.4, -0.2) is 16.3 Å². The molecular formula is C11H14BrNO2S. The highest BCUT2D eigenvalue weighted by atomic mass is 79.9. The molecule has 5 heteroatoms. The molecule has 0 bridgehead atoms. The number of anilines is 1. The van der Waals surface area contributed by atoms with Crippen LogP contribution >= 0.6 is 27.7 Å². The first-order valence-corrected chi connectivity index (χ1v) is 6.66. The van der Waals surface area contributed by atoms with Crippen molar-refractivity contribution in [2.75, 3.05) is 5.73 Å². The number of hydrogen-bond acceptors (Lipinski definition) is 3. The lowest BCUT2D eigenvalue weighted by molar-refractivity contribution is -0.136. The minimum absolute atomic E-state index is 0.429. The van der Waals surface area contributed by atoms with Crippen LogP contribution in [0.15, 0.2) is 27.6 Å². The Bertz CT molecular complexity index is 384. The zero-order valence-electron chi connectivity index (χ0n) is 8.94. The summed E-state index contributed by atoms with van der Waals surface area (Å²) >= 11 is 4.65. The maximum atomic E-state index is 11.0. The van der Waals surface area contributed by atoms with Crippen LogP contribution in [-0.2, 0) is 4.79 Å². The van der Waals surface area contributed by atoms with E-state index in [1.807, 2.05) is 19.1 Å². The monoisotopic (exact) mass is 303 g/mol. The summed E-state index contributed by atoms with van der Waals surface area (Å²) < 4.78 is 0.907. The standard InChI is InChI=1S/C11H14BrNO2S/c1-2-3-9(11(14)15)16-10-6-7(12)4-5-8(10)13/h4-6,9H,2-3,13H2,1H3,(H,14,15). The molecule has 0 saturated carbocycles. The van der Waals surface area contributed by atoms with Gasteiger partial charge in [0.25, 0.3) is 0 Å². The molecule has 3 nitrogen and oxygen atoms in total. The van der Waals surface area contributed by atoms with Crippen LogP contribution in [0.3, 0.4) is 0 Å². The summed E-state index contributed by atoms with van der Waals surface area (Å²) in [5.41, 5.74) is 6.42. The van der Waals surface area contributed by atoms with Crippen molar-refractivity contribution in [1.82, 2.24) is 0 Å². The van der Waals surface area contributed by atoms with Crippen molar-refractivity contribution in [3.63, 3.8) is 0 Å². The molecule has 16 heavy (non-hydrogen) atoms. The number of nitrogen functional groups attached to an aromatic ring is 1. The lowest BCUT2D eigenvalue weighted by Crippen LogP contribution is -2.15. The summed E-state index contributed by atoms with van der Waals surface area (Å²) in [4.78, 5) is 11.8. The number of hydrogen-bond donors (Lipinski definition) is 2. The molecule has 0 heterocycles. The van der Waals surface area contributed by atoms with Crippen molar-refractivity contribution in [2.24, 2.45) is 0 Å². The molecule has 3 N–H and O–H groups in total. The van der Waals surface area contributed by atoms with Crippen LogP contribution in [0.2, 0.25) is 0 Å². The first-order chi connectivity index (χ1) is 7.54. The van der Waals surface area contributed by atoms with Crippen LogP contribution in [0.5, 0.6) is 0 Å². The van der Waals surface area contributed by atoms with Gasteiger partial charge in [0.2, 0.25) is 0 Å². The van der Waals surface area contributed by atoms with E-state index < -0.39 is 11.2 Å². The molecule has 1 rings (SSSR count). The van der Waals surface area contributed by atoms with Crippen LogP contribution in [0.4, 0.5) is 5.69 Å². The van der Waals surface area contributed by atoms with Crippen LogP contribution in [0.1, 0.15) is 19.8 Å². The number of aliphatic carboxylic acids is 1. The second kappa shape index (κ2) is 6.15. The summed E-state index contributed by atoms with van der Waals surface area (Å²) in [6.07, 6.45) is 1.49. The highest BCUT2D eigenvalue weighted by Gasteiger charge is 2.18. The molecule has 88 valence electrons. The maximum absolute atomic E-state index is 11.0. The fourth-order valence-electron chi connectivity index (χ4n) is 1.26. The van der Waals surface area contributed by atoms with Gasteiger partial charge in [-0.25, -0.2) is 0 Å². The van der Waals surface area contributed by atoms with Gasteiger partial charge >= 0.3 is 5.97 Å². The summed E-state index contributed by atoms with van der Waals surface area (Å²) in [6, 6.07) is 5.47. The fraction of sp³-hybridized carbons (Fsp3) is 0.364. The Morgan fingerprint density at radius 3 is 2.88 bits per heavy atom. The van der Waals surface area contributed by atoms with Gasteiger partial charge in [-0.15, -0.1) is 11.8 Å². The zero-order chi connectivity index (χ0) is 12.1. The Morgan fingerprint density at radius 1 is 1.62 bits per heavy atom. The Morgan fingerprint density at radius 2 is 2.31 bits per heavy atom. The average molecular weight is 304 g/mol. The van der Waals surface area contributed by atoms with Crippen molar-refractivity contribution < 1.29 is 9.90 Å². The second-order valence-electron chi connectivity index (χ2n) is 3.42. The Labute approximate surface area is 108 Å². The number of nitrogens with two attached hydrogens (primary N) is 1. The van der Waals surface area contributed by atoms with Crippen molar-refractivity contribution >= 4 is 39.3 Å². The molecule has 0 aliphatic heterocycles. The largest absolute Gasteiger partial charge is 0.480 e. The van der Waals surface area contributed by atoms with E-state index in [4.69, 9.17) is 10.8 Å². The third-order valence-corrected chi connectivity index (χ3v) is 3.89. The first kappa shape index (κ1) is 13.4. The van der Waals surface area contributed by atoms with E-state index in [-0.39, 0.29) is 0 Å². The highest BCUT2D eigenvalue weighted by Crippen LogP contribution is 2.33. The summed E-state index contributed by atoms with van der Waals surface area (Å²) in [5, 5.41) is 8.62. The number of thioether (sulfide) groups is 1. The Kier molecular flexibility index (Phi) is 5.15. The number of carbonyl (C=O) groups is 1. The average Bonchev–Trinajstić information content (AvgIpc) is 2.22. The molecule has 0 saturated heterocycles. The predicted octanol–water partition coefficient (Wildman–Crippen LogP) is 3.38. The lowest BCUT2D eigenvalue weighted by atomic mass is 10.2. The van der Waals surface area contributed by atoms with Crippen LogP contribution < -0.4 is 5.73 Å². The molecular weight excluding hydrogens is 290 g/mol. The number of carboxylic acids is 1. The van der Waals surface area contributed by atoms with Crippen LogP contribution in [0, 0.1) is 0 Å². The number of halogens is 1. The van der Waals surface area contributed by atoms with Gasteiger partial charge in [0.05, 0.1) is 0 Å². The smallest absolute Gasteiger partial charge is 0.316 e. The molecule has 1 unspecified atom stereocenters. The van der Waals surface area contributed by atoms with Crippen molar-refractivity contribution in [3.05, 3.63) is 22.7 Å². The summed E-state index contributed by atoms with van der Waals surface area (Å²) in [5.74, 6) is -0.786. The van der Waals surface area contributed by atoms with Gasteiger partial charge in [-0.3, -0.25) is 4.79 Å². The first-order valence-electron chi connectivity index (χ1n) is 4.99. The quantitative estimate of drug-likeness (QED) is 0.646. The maximum Gasteiger partial charge on any atom is 0.316 e. The minimum Gasteiger partial charge on any atom is -0.480 e. The number of rotatable bonds is 5. The van der Waals surface area contributed by atoms with Gasteiger partial charge < -0.3 is 10.8 Å². The fourth-order valence-corrected chi connectivity index (χ4v) is 2.93. The highest BCUT2D eigenvalue weighted by molar-refractivity contribution is 9.10. The van der Waals surface area contributed by atoms with E-state index in [9.17, 15) is 4.79 Å². The predicted molar refractivity (Wildman–Crippen MR) is 70.7 cm³/mol. The molecule has 1 atom stereocenters. The van der Waals surface area contributed by atoms with E-state index in [1.54, 1.807) is 6.07 Å². The number of benzene rings is 1. The van der Waals surface area contributed by atoms with Gasteiger partial charge in [-0.05, 0) is 24.6 Å². The van der Waals surface area contributed by atoms with Gasteiger partial charge in [0.15, 0.2) is 0 Å². The van der Waals surface area contributed by atoms with Gasteiger partial charge in [0.1, 0.15) is 5.25 Å². The van der Waals surface area contributed by atoms with E-state index in [0.717, 1.165) is 15.8 Å². The molecule has 0 radical (unpaired) electrons. The van der Waals surface area contributed by atoms with E-state index in [1.165, 1.54) is 11.8 Å². The topological polar surface area (TPSA) is 63.3 Å². The summed E-state index contributed by atoms with van der Waals surface area (Å²) in [7, 11) is 0. The SMILES string of the molecule is CCCC(Sc1cc(Br)ccc1N)C(=O)O. The molecule has 0 aromatic heterocycles. The number of carboxylic acid groups (broad SMARTS) is 1. The van der Waals surface area contributed by atoms with E-state index in [2.05, 4.69) is 15.9 Å². The zero-order valence-corrected chi connectivity index (χ0v) is 11.3. The molecule has 0 aliphatic rings. The third-order valence-electron chi connectivity index (χ3n) is 2.07. The van der Waals surface area contributed by atoms with Crippen molar-refractivity contribution in [1.29, 1.82) is 0 Å². The molecule has 0 aliphatic carbocycles. The second-order valence-corrected chi connectivity index (χ2v) is 5.58. The van der Waals surface area contributed by atoms with E-state index >= 15 is 0 Å². The summed E-state index contributed by atoms with van der Waals surface area (Å²) in [6.45, 7) is 1.97. The third kappa shape index (κ3) is 3.72. The van der Waals surface area contributed by atoms with Crippen molar-refractivity contribution in [2.45, 2.75) is 29.9 Å². The van der Waals surface area contributed by atoms with Crippen molar-refractivity contribution in [3.8, 4) is 0 Å². The normalized spacial score (nSPS) is 12.4. The van der Waals surface area contributed by atoms with E-state index in [0.29, 0.717) is 12.1 Å².